The van der Waals surface area contributed by atoms with E-state index in [9.17, 15) is 18.0 Å². The molecule has 1 saturated heterocycles. The molecule has 0 bridgehead atoms. The highest BCUT2D eigenvalue weighted by Gasteiger charge is 2.45. The highest BCUT2D eigenvalue weighted by atomic mass is 19.4. The Morgan fingerprint density at radius 3 is 2.73 bits per heavy atom. The molecule has 0 aromatic heterocycles. The van der Waals surface area contributed by atoms with Gasteiger partial charge in [-0.15, -0.1) is 0 Å². The minimum absolute atomic E-state index is 0.00646. The number of ketones is 1. The first-order chi connectivity index (χ1) is 6.89. The Hall–Kier alpha value is -0.840. The first kappa shape index (κ1) is 10.7. The number of hydrogen-bond donors (Lipinski definition) is 0. The normalized spacial score (nSPS) is 32.8. The van der Waals surface area contributed by atoms with Crippen LogP contribution in [0.4, 0.5) is 13.2 Å². The molecule has 2 atom stereocenters. The molecule has 1 aliphatic heterocycles. The fourth-order valence-electron chi connectivity index (χ4n) is 2.40. The second kappa shape index (κ2) is 3.33. The Balaban J connectivity index is 2.29. The molecule has 0 saturated carbocycles. The standard InChI is InChI=1S/C10H12F3NO/c1-14-3-2-6-4-7(10(11,12)13)9(15)5-8(6)14/h4,6,8H,2-3,5H2,1H3. The van der Waals surface area contributed by atoms with Crippen LogP contribution in [0.25, 0.3) is 0 Å². The van der Waals surface area contributed by atoms with Crippen molar-refractivity contribution in [2.75, 3.05) is 13.6 Å². The maximum atomic E-state index is 12.4. The Morgan fingerprint density at radius 2 is 2.13 bits per heavy atom. The molecule has 0 aromatic rings. The lowest BCUT2D eigenvalue weighted by Gasteiger charge is -2.28. The average Bonchev–Trinajstić information content (AvgIpc) is 2.45. The van der Waals surface area contributed by atoms with Gasteiger partial charge in [-0.2, -0.15) is 13.2 Å². The SMILES string of the molecule is CN1CCC2C=C(C(F)(F)F)C(=O)CC21. The van der Waals surface area contributed by atoms with Gasteiger partial charge in [0.15, 0.2) is 5.78 Å². The summed E-state index contributed by atoms with van der Waals surface area (Å²) in [6, 6.07) is -0.0244. The lowest BCUT2D eigenvalue weighted by atomic mass is 9.85. The molecular formula is C10H12F3NO. The third-order valence-electron chi connectivity index (χ3n) is 3.26. The maximum absolute atomic E-state index is 12.4. The van der Waals surface area contributed by atoms with E-state index in [4.69, 9.17) is 0 Å². The van der Waals surface area contributed by atoms with Crippen molar-refractivity contribution in [2.45, 2.75) is 25.1 Å². The molecule has 0 aromatic carbocycles. The van der Waals surface area contributed by atoms with E-state index in [1.165, 1.54) is 0 Å². The minimum atomic E-state index is -4.48. The number of fused-ring (bicyclic) bond motifs is 1. The molecule has 2 unspecified atom stereocenters. The fraction of sp³-hybridized carbons (Fsp3) is 0.700. The van der Waals surface area contributed by atoms with Gasteiger partial charge in [0.1, 0.15) is 0 Å². The Bertz CT molecular complexity index is 321. The summed E-state index contributed by atoms with van der Waals surface area (Å²) in [5.74, 6) is -0.873. The number of hydrogen-bond acceptors (Lipinski definition) is 2. The lowest BCUT2D eigenvalue weighted by Crippen LogP contribution is -2.37. The van der Waals surface area contributed by atoms with Gasteiger partial charge in [-0.1, -0.05) is 6.08 Å². The molecule has 0 spiro atoms. The zero-order valence-corrected chi connectivity index (χ0v) is 8.34. The molecular weight excluding hydrogens is 207 g/mol. The molecule has 1 aliphatic carbocycles. The van der Waals surface area contributed by atoms with Crippen molar-refractivity contribution in [3.63, 3.8) is 0 Å². The molecule has 2 nitrogen and oxygen atoms in total. The van der Waals surface area contributed by atoms with Gasteiger partial charge in [-0.05, 0) is 25.9 Å². The Morgan fingerprint density at radius 1 is 1.47 bits per heavy atom. The van der Waals surface area contributed by atoms with Gasteiger partial charge in [0.2, 0.25) is 0 Å². The molecule has 15 heavy (non-hydrogen) atoms. The largest absolute Gasteiger partial charge is 0.419 e. The highest BCUT2D eigenvalue weighted by molar-refractivity contribution is 5.98. The van der Waals surface area contributed by atoms with E-state index in [1.807, 2.05) is 11.9 Å². The van der Waals surface area contributed by atoms with Crippen LogP contribution in [0.1, 0.15) is 12.8 Å². The first-order valence-electron chi connectivity index (χ1n) is 4.92. The predicted molar refractivity (Wildman–Crippen MR) is 48.3 cm³/mol. The smallest absolute Gasteiger partial charge is 0.302 e. The van der Waals surface area contributed by atoms with Gasteiger partial charge in [0.25, 0.3) is 0 Å². The molecule has 0 N–H and O–H groups in total. The van der Waals surface area contributed by atoms with E-state index in [0.717, 1.165) is 12.6 Å². The zero-order chi connectivity index (χ0) is 11.2. The number of carbonyl (C=O) groups is 1. The molecule has 5 heteroatoms. The van der Waals surface area contributed by atoms with Gasteiger partial charge in [0, 0.05) is 12.5 Å². The van der Waals surface area contributed by atoms with Gasteiger partial charge >= 0.3 is 6.18 Å². The van der Waals surface area contributed by atoms with Crippen molar-refractivity contribution in [3.8, 4) is 0 Å². The van der Waals surface area contributed by atoms with Crippen molar-refractivity contribution >= 4 is 5.78 Å². The van der Waals surface area contributed by atoms with Crippen molar-refractivity contribution in [1.29, 1.82) is 0 Å². The van der Waals surface area contributed by atoms with Crippen LogP contribution in [0.2, 0.25) is 0 Å². The second-order valence-electron chi connectivity index (χ2n) is 4.21. The molecule has 84 valence electrons. The third-order valence-corrected chi connectivity index (χ3v) is 3.26. The number of nitrogens with zero attached hydrogens (tertiary/aromatic N) is 1. The maximum Gasteiger partial charge on any atom is 0.419 e. The second-order valence-corrected chi connectivity index (χ2v) is 4.21. The number of alkyl halides is 3. The summed E-state index contributed by atoms with van der Waals surface area (Å²) in [6.07, 6.45) is -2.64. The van der Waals surface area contributed by atoms with Crippen LogP contribution < -0.4 is 0 Å². The summed E-state index contributed by atoms with van der Waals surface area (Å²) in [5.41, 5.74) is -0.945. The summed E-state index contributed by atoms with van der Waals surface area (Å²) in [4.78, 5) is 13.3. The van der Waals surface area contributed by atoms with Crippen molar-refractivity contribution in [1.82, 2.24) is 4.90 Å². The molecule has 1 fully saturated rings. The van der Waals surface area contributed by atoms with Gasteiger partial charge in [-0.25, -0.2) is 0 Å². The van der Waals surface area contributed by atoms with E-state index in [0.29, 0.717) is 6.42 Å². The molecule has 0 radical (unpaired) electrons. The quantitative estimate of drug-likeness (QED) is 0.618. The Kier molecular flexibility index (Phi) is 2.37. The van der Waals surface area contributed by atoms with Crippen LogP contribution in [-0.4, -0.2) is 36.5 Å². The zero-order valence-electron chi connectivity index (χ0n) is 8.34. The average molecular weight is 219 g/mol. The summed E-state index contributed by atoms with van der Waals surface area (Å²) >= 11 is 0. The highest BCUT2D eigenvalue weighted by Crippen LogP contribution is 2.38. The molecule has 1 heterocycles. The number of allylic oxidation sites excluding steroid dienone is 1. The third kappa shape index (κ3) is 1.80. The van der Waals surface area contributed by atoms with E-state index in [-0.39, 0.29) is 18.4 Å². The lowest BCUT2D eigenvalue weighted by molar-refractivity contribution is -0.131. The summed E-state index contributed by atoms with van der Waals surface area (Å²) in [5, 5.41) is 0. The topological polar surface area (TPSA) is 20.3 Å². The fourth-order valence-corrected chi connectivity index (χ4v) is 2.40. The minimum Gasteiger partial charge on any atom is -0.302 e. The van der Waals surface area contributed by atoms with E-state index in [1.54, 1.807) is 0 Å². The van der Waals surface area contributed by atoms with Crippen LogP contribution in [-0.2, 0) is 4.79 Å². The first-order valence-corrected chi connectivity index (χ1v) is 4.92. The van der Waals surface area contributed by atoms with Crippen LogP contribution in [0.3, 0.4) is 0 Å². The van der Waals surface area contributed by atoms with Crippen LogP contribution in [0, 0.1) is 5.92 Å². The van der Waals surface area contributed by atoms with Crippen molar-refractivity contribution in [2.24, 2.45) is 5.92 Å². The number of carbonyl (C=O) groups excluding carboxylic acids is 1. The Labute approximate surface area is 85.7 Å². The van der Waals surface area contributed by atoms with Crippen LogP contribution in [0.5, 0.6) is 0 Å². The van der Waals surface area contributed by atoms with E-state index in [2.05, 4.69) is 0 Å². The van der Waals surface area contributed by atoms with Crippen molar-refractivity contribution in [3.05, 3.63) is 11.6 Å². The number of likely N-dealkylation sites (tertiary alicyclic amines) is 1. The monoisotopic (exact) mass is 219 g/mol. The summed E-state index contributed by atoms with van der Waals surface area (Å²) in [7, 11) is 1.85. The van der Waals surface area contributed by atoms with Crippen molar-refractivity contribution < 1.29 is 18.0 Å². The predicted octanol–water partition coefficient (Wildman–Crippen LogP) is 1.77. The van der Waals surface area contributed by atoms with Gasteiger partial charge in [0.05, 0.1) is 5.57 Å². The number of rotatable bonds is 0. The van der Waals surface area contributed by atoms with Gasteiger partial charge in [-0.3, -0.25) is 4.79 Å². The summed E-state index contributed by atoms with van der Waals surface area (Å²) < 4.78 is 37.3. The molecule has 0 amide bonds. The van der Waals surface area contributed by atoms with E-state index < -0.39 is 17.5 Å². The number of Topliss-reactive ketones (excluding diaryl/α,β-unsaturated/α-hetero) is 1. The van der Waals surface area contributed by atoms with Gasteiger partial charge < -0.3 is 4.90 Å². The molecule has 2 rings (SSSR count). The van der Waals surface area contributed by atoms with Crippen LogP contribution >= 0.6 is 0 Å². The summed E-state index contributed by atoms with van der Waals surface area (Å²) in [6.45, 7) is 0.768. The molecule has 2 aliphatic rings. The number of halogens is 3. The van der Waals surface area contributed by atoms with Crippen LogP contribution in [0.15, 0.2) is 11.6 Å². The van der Waals surface area contributed by atoms with E-state index >= 15 is 0 Å².